The van der Waals surface area contributed by atoms with Crippen LogP contribution in [0.3, 0.4) is 0 Å². The zero-order chi connectivity index (χ0) is 21.3. The van der Waals surface area contributed by atoms with Crippen molar-refractivity contribution in [2.45, 2.75) is 12.3 Å². The summed E-state index contributed by atoms with van der Waals surface area (Å²) in [4.78, 5) is 17.2. The third-order valence-electron chi connectivity index (χ3n) is 5.24. The summed E-state index contributed by atoms with van der Waals surface area (Å²) in [6.45, 7) is 0. The van der Waals surface area contributed by atoms with Crippen LogP contribution in [0, 0.1) is 0 Å². The molecule has 8 heteroatoms. The van der Waals surface area contributed by atoms with Gasteiger partial charge in [0.2, 0.25) is 5.91 Å². The molecule has 1 N–H and O–H groups in total. The number of amides is 1. The maximum atomic E-state index is 12.6. The van der Waals surface area contributed by atoms with Gasteiger partial charge in [0, 0.05) is 30.0 Å². The van der Waals surface area contributed by atoms with Gasteiger partial charge in [-0.1, -0.05) is 6.07 Å². The fourth-order valence-corrected chi connectivity index (χ4v) is 3.74. The van der Waals surface area contributed by atoms with Crippen molar-refractivity contribution in [1.29, 1.82) is 0 Å². The summed E-state index contributed by atoms with van der Waals surface area (Å²) in [6.07, 6.45) is 1.95. The van der Waals surface area contributed by atoms with E-state index in [0.717, 1.165) is 16.9 Å². The average Bonchev–Trinajstić information content (AvgIpc) is 3.20. The molecular formula is C22H23N3O5. The third kappa shape index (κ3) is 3.30. The van der Waals surface area contributed by atoms with E-state index in [0.29, 0.717) is 28.8 Å². The van der Waals surface area contributed by atoms with Crippen LogP contribution >= 0.6 is 0 Å². The van der Waals surface area contributed by atoms with Crippen LogP contribution in [-0.2, 0) is 4.79 Å². The molecule has 2 heterocycles. The molecule has 3 aromatic rings. The standard InChI is InChI=1S/C22H23N3O5/c1-27-13-5-7-15(18(9-13)29-3)16-11-20(26)24-22-21(16)23-12-25(22)17-8-6-14(28-2)10-19(17)30-4/h5-10,12,16H,11H2,1-4H3,(H,24,26)/t16-/m1/s1. The first-order valence-corrected chi connectivity index (χ1v) is 9.41. The van der Waals surface area contributed by atoms with E-state index in [-0.39, 0.29) is 18.2 Å². The van der Waals surface area contributed by atoms with Gasteiger partial charge < -0.3 is 24.3 Å². The van der Waals surface area contributed by atoms with Crippen LogP contribution in [0.2, 0.25) is 0 Å². The molecule has 0 spiro atoms. The minimum atomic E-state index is -0.250. The minimum Gasteiger partial charge on any atom is -0.497 e. The molecule has 0 radical (unpaired) electrons. The number of imidazole rings is 1. The summed E-state index contributed by atoms with van der Waals surface area (Å²) in [5.74, 6) is 2.88. The van der Waals surface area contributed by atoms with Crippen LogP contribution in [-0.4, -0.2) is 43.9 Å². The van der Waals surface area contributed by atoms with Gasteiger partial charge >= 0.3 is 0 Å². The van der Waals surface area contributed by atoms with Gasteiger partial charge in [0.1, 0.15) is 35.1 Å². The molecule has 30 heavy (non-hydrogen) atoms. The van der Waals surface area contributed by atoms with Crippen molar-refractivity contribution in [3.63, 3.8) is 0 Å². The Balaban J connectivity index is 1.82. The highest BCUT2D eigenvalue weighted by Crippen LogP contribution is 2.42. The molecule has 8 nitrogen and oxygen atoms in total. The number of hydrogen-bond donors (Lipinski definition) is 1. The number of methoxy groups -OCH3 is 4. The summed E-state index contributed by atoms with van der Waals surface area (Å²) >= 11 is 0. The van der Waals surface area contributed by atoms with Gasteiger partial charge in [-0.25, -0.2) is 4.98 Å². The smallest absolute Gasteiger partial charge is 0.226 e. The van der Waals surface area contributed by atoms with E-state index in [1.165, 1.54) is 0 Å². The second-order valence-electron chi connectivity index (χ2n) is 6.80. The first-order valence-electron chi connectivity index (χ1n) is 9.41. The van der Waals surface area contributed by atoms with Gasteiger partial charge in [0.15, 0.2) is 0 Å². The summed E-state index contributed by atoms with van der Waals surface area (Å²) in [5.41, 5.74) is 2.38. The molecule has 1 amide bonds. The average molecular weight is 409 g/mol. The monoisotopic (exact) mass is 409 g/mol. The molecule has 156 valence electrons. The molecule has 0 bridgehead atoms. The van der Waals surface area contributed by atoms with Crippen molar-refractivity contribution in [1.82, 2.24) is 9.55 Å². The van der Waals surface area contributed by atoms with Gasteiger partial charge in [0.25, 0.3) is 0 Å². The van der Waals surface area contributed by atoms with Gasteiger partial charge in [0.05, 0.1) is 39.8 Å². The molecule has 0 unspecified atom stereocenters. The van der Waals surface area contributed by atoms with E-state index in [4.69, 9.17) is 18.9 Å². The molecule has 0 aliphatic carbocycles. The molecular weight excluding hydrogens is 386 g/mol. The highest BCUT2D eigenvalue weighted by molar-refractivity contribution is 5.94. The van der Waals surface area contributed by atoms with E-state index in [2.05, 4.69) is 10.3 Å². The second kappa shape index (κ2) is 7.98. The Morgan fingerprint density at radius 3 is 2.27 bits per heavy atom. The maximum absolute atomic E-state index is 12.6. The first kappa shape index (κ1) is 19.6. The number of carbonyl (C=O) groups is 1. The number of aromatic nitrogens is 2. The van der Waals surface area contributed by atoms with Crippen LogP contribution in [0.4, 0.5) is 5.82 Å². The lowest BCUT2D eigenvalue weighted by Gasteiger charge is -2.25. The quantitative estimate of drug-likeness (QED) is 0.672. The predicted molar refractivity (Wildman–Crippen MR) is 111 cm³/mol. The zero-order valence-corrected chi connectivity index (χ0v) is 17.3. The van der Waals surface area contributed by atoms with E-state index in [1.54, 1.807) is 40.8 Å². The number of fused-ring (bicyclic) bond motifs is 1. The van der Waals surface area contributed by atoms with E-state index in [1.807, 2.05) is 34.9 Å². The Morgan fingerprint density at radius 1 is 0.933 bits per heavy atom. The number of nitrogens with zero attached hydrogens (tertiary/aromatic N) is 2. The van der Waals surface area contributed by atoms with Gasteiger partial charge in [-0.05, 0) is 18.2 Å². The lowest BCUT2D eigenvalue weighted by molar-refractivity contribution is -0.116. The number of benzene rings is 2. The normalized spacial score (nSPS) is 15.2. The van der Waals surface area contributed by atoms with Crippen molar-refractivity contribution in [3.05, 3.63) is 54.0 Å². The summed E-state index contributed by atoms with van der Waals surface area (Å²) in [7, 11) is 6.39. The van der Waals surface area contributed by atoms with Crippen molar-refractivity contribution in [3.8, 4) is 28.7 Å². The van der Waals surface area contributed by atoms with Crippen LogP contribution in [0.15, 0.2) is 42.7 Å². The Kier molecular flexibility index (Phi) is 5.22. The molecule has 1 aliphatic rings. The van der Waals surface area contributed by atoms with Crippen LogP contribution in [0.1, 0.15) is 23.6 Å². The summed E-state index contributed by atoms with van der Waals surface area (Å²) in [5, 5.41) is 2.96. The van der Waals surface area contributed by atoms with Crippen LogP contribution < -0.4 is 24.3 Å². The van der Waals surface area contributed by atoms with Gasteiger partial charge in [-0.15, -0.1) is 0 Å². The van der Waals surface area contributed by atoms with E-state index < -0.39 is 0 Å². The number of anilines is 1. The van der Waals surface area contributed by atoms with Crippen molar-refractivity contribution < 1.29 is 23.7 Å². The predicted octanol–water partition coefficient (Wildman–Crippen LogP) is 3.38. The summed E-state index contributed by atoms with van der Waals surface area (Å²) in [6, 6.07) is 11.1. The minimum absolute atomic E-state index is 0.0976. The van der Waals surface area contributed by atoms with E-state index >= 15 is 0 Å². The molecule has 1 aromatic heterocycles. The van der Waals surface area contributed by atoms with Gasteiger partial charge in [-0.2, -0.15) is 0 Å². The number of hydrogen-bond acceptors (Lipinski definition) is 6. The lowest BCUT2D eigenvalue weighted by Crippen LogP contribution is -2.25. The fourth-order valence-electron chi connectivity index (χ4n) is 3.74. The molecule has 2 aromatic carbocycles. The first-order chi connectivity index (χ1) is 14.6. The SMILES string of the molecule is COc1ccc([C@H]2CC(=O)Nc3c2ncn3-c2ccc(OC)cc2OC)c(OC)c1. The molecule has 1 atom stereocenters. The van der Waals surface area contributed by atoms with Gasteiger partial charge in [-0.3, -0.25) is 9.36 Å². The second-order valence-corrected chi connectivity index (χ2v) is 6.80. The number of carbonyl (C=O) groups excluding carboxylic acids is 1. The third-order valence-corrected chi connectivity index (χ3v) is 5.24. The van der Waals surface area contributed by atoms with Crippen molar-refractivity contribution >= 4 is 11.7 Å². The van der Waals surface area contributed by atoms with Crippen LogP contribution in [0.5, 0.6) is 23.0 Å². The topological polar surface area (TPSA) is 83.8 Å². The number of rotatable bonds is 6. The fraction of sp³-hybridized carbons (Fsp3) is 0.273. The van der Waals surface area contributed by atoms with Crippen molar-refractivity contribution in [2.75, 3.05) is 33.8 Å². The molecule has 0 saturated heterocycles. The largest absolute Gasteiger partial charge is 0.497 e. The number of ether oxygens (including phenoxy) is 4. The molecule has 1 aliphatic heterocycles. The Bertz CT molecular complexity index is 1090. The molecule has 0 fully saturated rings. The Morgan fingerprint density at radius 2 is 1.60 bits per heavy atom. The Hall–Kier alpha value is -3.68. The summed E-state index contributed by atoms with van der Waals surface area (Å²) < 4.78 is 23.5. The molecule has 0 saturated carbocycles. The van der Waals surface area contributed by atoms with E-state index in [9.17, 15) is 4.79 Å². The number of nitrogens with one attached hydrogen (secondary N) is 1. The zero-order valence-electron chi connectivity index (χ0n) is 17.3. The molecule has 4 rings (SSSR count). The van der Waals surface area contributed by atoms with Crippen LogP contribution in [0.25, 0.3) is 5.69 Å². The lowest BCUT2D eigenvalue weighted by atomic mass is 9.89. The van der Waals surface area contributed by atoms with Crippen molar-refractivity contribution in [2.24, 2.45) is 0 Å². The Labute approximate surface area is 174 Å². The maximum Gasteiger partial charge on any atom is 0.226 e. The highest BCUT2D eigenvalue weighted by Gasteiger charge is 2.33. The highest BCUT2D eigenvalue weighted by atomic mass is 16.5.